The van der Waals surface area contributed by atoms with E-state index in [9.17, 15) is 9.59 Å². The molecule has 0 aliphatic heterocycles. The molecule has 0 spiro atoms. The van der Waals surface area contributed by atoms with Crippen molar-refractivity contribution in [2.75, 3.05) is 0 Å². The van der Waals surface area contributed by atoms with E-state index in [0.29, 0.717) is 6.42 Å². The Morgan fingerprint density at radius 2 is 2.00 bits per heavy atom. The summed E-state index contributed by atoms with van der Waals surface area (Å²) in [5.41, 5.74) is -1.25. The highest BCUT2D eigenvalue weighted by Crippen LogP contribution is 2.36. The van der Waals surface area contributed by atoms with Gasteiger partial charge in [-0.15, -0.1) is 0 Å². The number of carbonyl (C=O) groups excluding carboxylic acids is 1. The second-order valence-electron chi connectivity index (χ2n) is 6.50. The van der Waals surface area contributed by atoms with Gasteiger partial charge in [0.1, 0.15) is 5.60 Å². The first-order valence-corrected chi connectivity index (χ1v) is 6.88. The Balaban J connectivity index is 2.80. The van der Waals surface area contributed by atoms with E-state index in [1.807, 2.05) is 6.92 Å². The summed E-state index contributed by atoms with van der Waals surface area (Å²) in [5.74, 6) is -0.741. The van der Waals surface area contributed by atoms with Gasteiger partial charge in [0.05, 0.1) is 12.0 Å². The van der Waals surface area contributed by atoms with E-state index in [1.54, 1.807) is 20.8 Å². The topological polar surface area (TPSA) is 75.6 Å². The maximum absolute atomic E-state index is 11.9. The molecule has 0 bridgehead atoms. The number of aliphatic carboxylic acids is 1. The minimum absolute atomic E-state index is 0.0482. The fourth-order valence-electron chi connectivity index (χ4n) is 2.68. The number of amides is 1. The molecular weight excluding hydrogens is 246 g/mol. The van der Waals surface area contributed by atoms with E-state index >= 15 is 0 Å². The van der Waals surface area contributed by atoms with Crippen molar-refractivity contribution in [1.82, 2.24) is 5.32 Å². The third kappa shape index (κ3) is 4.73. The molecule has 5 heteroatoms. The molecule has 0 heterocycles. The summed E-state index contributed by atoms with van der Waals surface area (Å²) in [6, 6.07) is 0. The number of alkyl carbamates (subject to hydrolysis) is 1. The molecule has 1 fully saturated rings. The Bertz CT molecular complexity index is 348. The summed E-state index contributed by atoms with van der Waals surface area (Å²) >= 11 is 0. The van der Waals surface area contributed by atoms with Crippen molar-refractivity contribution in [2.24, 2.45) is 5.92 Å². The molecule has 0 saturated heterocycles. The van der Waals surface area contributed by atoms with Crippen LogP contribution in [-0.2, 0) is 9.53 Å². The number of nitrogens with one attached hydrogen (secondary N) is 1. The lowest BCUT2D eigenvalue weighted by molar-refractivity contribution is -0.139. The molecule has 1 aliphatic rings. The predicted molar refractivity (Wildman–Crippen MR) is 72.0 cm³/mol. The third-order valence-electron chi connectivity index (χ3n) is 3.67. The average molecular weight is 271 g/mol. The molecule has 5 nitrogen and oxygen atoms in total. The van der Waals surface area contributed by atoms with Gasteiger partial charge in [0.2, 0.25) is 0 Å². The SMILES string of the molecule is CC1CCCCC1(CC(=O)O)NC(=O)OC(C)(C)C. The molecule has 0 aromatic rings. The number of hydrogen-bond acceptors (Lipinski definition) is 3. The molecule has 2 unspecified atom stereocenters. The van der Waals surface area contributed by atoms with Crippen LogP contribution in [0.2, 0.25) is 0 Å². The van der Waals surface area contributed by atoms with Crippen LogP contribution in [0.3, 0.4) is 0 Å². The van der Waals surface area contributed by atoms with Crippen LogP contribution in [-0.4, -0.2) is 28.3 Å². The molecule has 1 rings (SSSR count). The summed E-state index contributed by atoms with van der Waals surface area (Å²) in [5, 5.41) is 11.9. The molecular formula is C14H25NO4. The van der Waals surface area contributed by atoms with Gasteiger partial charge in [-0.2, -0.15) is 0 Å². The highest BCUT2D eigenvalue weighted by molar-refractivity contribution is 5.73. The standard InChI is InChI=1S/C14H25NO4/c1-10-7-5-6-8-14(10,9-11(16)17)15-12(18)19-13(2,3)4/h10H,5-9H2,1-4H3,(H,15,18)(H,16,17). The first kappa shape index (κ1) is 15.8. The average Bonchev–Trinajstić information content (AvgIpc) is 2.18. The molecule has 0 radical (unpaired) electrons. The van der Waals surface area contributed by atoms with Gasteiger partial charge in [0, 0.05) is 0 Å². The van der Waals surface area contributed by atoms with Crippen molar-refractivity contribution in [3.63, 3.8) is 0 Å². The van der Waals surface area contributed by atoms with Crippen LogP contribution in [0.25, 0.3) is 0 Å². The molecule has 19 heavy (non-hydrogen) atoms. The van der Waals surface area contributed by atoms with Crippen molar-refractivity contribution in [3.05, 3.63) is 0 Å². The Morgan fingerprint density at radius 1 is 1.37 bits per heavy atom. The zero-order valence-electron chi connectivity index (χ0n) is 12.3. The van der Waals surface area contributed by atoms with Gasteiger partial charge < -0.3 is 15.2 Å². The summed E-state index contributed by atoms with van der Waals surface area (Å²) in [6.07, 6.45) is 3.07. The van der Waals surface area contributed by atoms with Crippen LogP contribution in [0, 0.1) is 5.92 Å². The molecule has 0 aromatic heterocycles. The minimum Gasteiger partial charge on any atom is -0.481 e. The van der Waals surface area contributed by atoms with Crippen LogP contribution < -0.4 is 5.32 Å². The maximum Gasteiger partial charge on any atom is 0.408 e. The minimum atomic E-state index is -0.884. The normalized spacial score (nSPS) is 27.7. The molecule has 0 aromatic carbocycles. The van der Waals surface area contributed by atoms with E-state index in [4.69, 9.17) is 9.84 Å². The van der Waals surface area contributed by atoms with Crippen LogP contribution >= 0.6 is 0 Å². The van der Waals surface area contributed by atoms with Gasteiger partial charge in [-0.05, 0) is 39.5 Å². The predicted octanol–water partition coefficient (Wildman–Crippen LogP) is 2.93. The summed E-state index contributed by atoms with van der Waals surface area (Å²) in [7, 11) is 0. The van der Waals surface area contributed by atoms with Gasteiger partial charge in [-0.1, -0.05) is 19.8 Å². The van der Waals surface area contributed by atoms with E-state index in [1.165, 1.54) is 0 Å². The number of carboxylic acids is 1. The lowest BCUT2D eigenvalue weighted by Crippen LogP contribution is -2.56. The monoisotopic (exact) mass is 271 g/mol. The Morgan fingerprint density at radius 3 is 2.47 bits per heavy atom. The number of hydrogen-bond donors (Lipinski definition) is 2. The summed E-state index contributed by atoms with van der Waals surface area (Å²) in [4.78, 5) is 23.0. The molecule has 2 N–H and O–H groups in total. The summed E-state index contributed by atoms with van der Waals surface area (Å²) < 4.78 is 5.25. The quantitative estimate of drug-likeness (QED) is 0.827. The van der Waals surface area contributed by atoms with E-state index < -0.39 is 23.2 Å². The highest BCUT2D eigenvalue weighted by Gasteiger charge is 2.42. The zero-order valence-corrected chi connectivity index (χ0v) is 12.3. The van der Waals surface area contributed by atoms with Gasteiger partial charge in [-0.3, -0.25) is 4.79 Å². The fraction of sp³-hybridized carbons (Fsp3) is 0.857. The second kappa shape index (κ2) is 5.80. The number of ether oxygens (including phenoxy) is 1. The van der Waals surface area contributed by atoms with Crippen molar-refractivity contribution in [2.45, 2.75) is 70.9 Å². The van der Waals surface area contributed by atoms with E-state index in [0.717, 1.165) is 19.3 Å². The molecule has 1 amide bonds. The Labute approximate surface area is 114 Å². The van der Waals surface area contributed by atoms with Gasteiger partial charge in [0.15, 0.2) is 0 Å². The van der Waals surface area contributed by atoms with E-state index in [-0.39, 0.29) is 12.3 Å². The van der Waals surface area contributed by atoms with Crippen LogP contribution in [0.5, 0.6) is 0 Å². The number of rotatable bonds is 3. The van der Waals surface area contributed by atoms with Crippen LogP contribution in [0.15, 0.2) is 0 Å². The van der Waals surface area contributed by atoms with Crippen molar-refractivity contribution in [1.29, 1.82) is 0 Å². The number of carbonyl (C=O) groups is 2. The maximum atomic E-state index is 11.9. The van der Waals surface area contributed by atoms with E-state index in [2.05, 4.69) is 5.32 Å². The van der Waals surface area contributed by atoms with Crippen LogP contribution in [0.4, 0.5) is 4.79 Å². The van der Waals surface area contributed by atoms with Crippen LogP contribution in [0.1, 0.15) is 59.8 Å². The van der Waals surface area contributed by atoms with Gasteiger partial charge >= 0.3 is 12.1 Å². The lowest BCUT2D eigenvalue weighted by atomic mass is 9.72. The largest absolute Gasteiger partial charge is 0.481 e. The molecule has 2 atom stereocenters. The third-order valence-corrected chi connectivity index (χ3v) is 3.67. The number of carboxylic acid groups (broad SMARTS) is 1. The first-order valence-electron chi connectivity index (χ1n) is 6.88. The van der Waals surface area contributed by atoms with Gasteiger partial charge in [0.25, 0.3) is 0 Å². The smallest absolute Gasteiger partial charge is 0.408 e. The lowest BCUT2D eigenvalue weighted by Gasteiger charge is -2.42. The molecule has 110 valence electrons. The van der Waals surface area contributed by atoms with Gasteiger partial charge in [-0.25, -0.2) is 4.79 Å². The Hall–Kier alpha value is -1.26. The highest BCUT2D eigenvalue weighted by atomic mass is 16.6. The summed E-state index contributed by atoms with van der Waals surface area (Å²) in [6.45, 7) is 7.38. The Kier molecular flexibility index (Phi) is 4.82. The molecule has 1 aliphatic carbocycles. The van der Waals surface area contributed by atoms with Crippen molar-refractivity contribution in [3.8, 4) is 0 Å². The first-order chi connectivity index (χ1) is 8.65. The fourth-order valence-corrected chi connectivity index (χ4v) is 2.68. The van der Waals surface area contributed by atoms with Crippen molar-refractivity contribution < 1.29 is 19.4 Å². The molecule has 1 saturated carbocycles. The zero-order chi connectivity index (χ0) is 14.7. The van der Waals surface area contributed by atoms with Crippen molar-refractivity contribution >= 4 is 12.1 Å². The second-order valence-corrected chi connectivity index (χ2v) is 6.50.